The zero-order valence-electron chi connectivity index (χ0n) is 17.4. The summed E-state index contributed by atoms with van der Waals surface area (Å²) in [5.74, 6) is 1.51. The fraction of sp³-hybridized carbons (Fsp3) is 0.864. The fourth-order valence-electron chi connectivity index (χ4n) is 6.06. The van der Waals surface area contributed by atoms with Gasteiger partial charge in [0.1, 0.15) is 0 Å². The molecular weight excluding hydrogens is 354 g/mol. The lowest BCUT2D eigenvalue weighted by molar-refractivity contribution is -0.143. The van der Waals surface area contributed by atoms with E-state index < -0.39 is 0 Å². The maximum absolute atomic E-state index is 13.1. The molecule has 2 atom stereocenters. The van der Waals surface area contributed by atoms with Crippen molar-refractivity contribution in [3.05, 3.63) is 0 Å². The lowest BCUT2D eigenvalue weighted by Gasteiger charge is -2.39. The van der Waals surface area contributed by atoms with Gasteiger partial charge >= 0.3 is 0 Å². The first-order valence-electron chi connectivity index (χ1n) is 11.2. The Labute approximate surface area is 168 Å². The lowest BCUT2D eigenvalue weighted by atomic mass is 9.81. The molecule has 6 heteroatoms. The van der Waals surface area contributed by atoms with Crippen molar-refractivity contribution in [3.63, 3.8) is 0 Å². The van der Waals surface area contributed by atoms with Gasteiger partial charge in [0.05, 0.1) is 0 Å². The third-order valence-corrected chi connectivity index (χ3v) is 8.13. The molecule has 4 aliphatic rings. The molecule has 0 radical (unpaired) electrons. The predicted octanol–water partition coefficient (Wildman–Crippen LogP) is 2.18. The van der Waals surface area contributed by atoms with E-state index in [0.717, 1.165) is 57.5 Å². The summed E-state index contributed by atoms with van der Waals surface area (Å²) in [4.78, 5) is 41.4. The van der Waals surface area contributed by atoms with Gasteiger partial charge in [0.2, 0.25) is 17.7 Å². The Morgan fingerprint density at radius 1 is 1.07 bits per heavy atom. The van der Waals surface area contributed by atoms with Crippen LogP contribution in [0.4, 0.5) is 0 Å². The van der Waals surface area contributed by atoms with Crippen LogP contribution in [0.2, 0.25) is 0 Å². The van der Waals surface area contributed by atoms with Crippen molar-refractivity contribution in [3.8, 4) is 0 Å². The predicted molar refractivity (Wildman–Crippen MR) is 106 cm³/mol. The Morgan fingerprint density at radius 2 is 1.75 bits per heavy atom. The van der Waals surface area contributed by atoms with Gasteiger partial charge in [-0.05, 0) is 70.1 Å². The number of hydrogen-bond donors (Lipinski definition) is 1. The third-order valence-electron chi connectivity index (χ3n) is 8.13. The van der Waals surface area contributed by atoms with Crippen LogP contribution in [-0.2, 0) is 14.4 Å². The summed E-state index contributed by atoms with van der Waals surface area (Å²) in [5.41, 5.74) is -0.0297. The summed E-state index contributed by atoms with van der Waals surface area (Å²) in [6.45, 7) is 4.38. The first-order valence-corrected chi connectivity index (χ1v) is 11.2. The quantitative estimate of drug-likeness (QED) is 0.801. The van der Waals surface area contributed by atoms with Crippen LogP contribution in [0.1, 0.15) is 64.7 Å². The minimum Gasteiger partial charge on any atom is -0.353 e. The third kappa shape index (κ3) is 3.67. The highest BCUT2D eigenvalue weighted by atomic mass is 16.2. The zero-order valence-corrected chi connectivity index (χ0v) is 17.4. The molecule has 0 aromatic heterocycles. The van der Waals surface area contributed by atoms with Gasteiger partial charge in [-0.3, -0.25) is 14.4 Å². The Morgan fingerprint density at radius 3 is 2.32 bits per heavy atom. The maximum Gasteiger partial charge on any atom is 0.228 e. The van der Waals surface area contributed by atoms with Crippen molar-refractivity contribution in [2.75, 3.05) is 26.7 Å². The Hall–Kier alpha value is -1.59. The minimum absolute atomic E-state index is 0.0225. The van der Waals surface area contributed by atoms with E-state index in [0.29, 0.717) is 24.8 Å². The van der Waals surface area contributed by atoms with E-state index in [-0.39, 0.29) is 29.2 Å². The van der Waals surface area contributed by atoms with Gasteiger partial charge in [0.15, 0.2) is 0 Å². The Kier molecular flexibility index (Phi) is 5.41. The van der Waals surface area contributed by atoms with Crippen molar-refractivity contribution >= 4 is 17.7 Å². The molecule has 0 spiro atoms. The number of rotatable bonds is 4. The molecule has 0 aromatic carbocycles. The van der Waals surface area contributed by atoms with Crippen LogP contribution in [0, 0.1) is 23.2 Å². The molecule has 4 fully saturated rings. The highest BCUT2D eigenvalue weighted by molar-refractivity contribution is 5.87. The van der Waals surface area contributed by atoms with Gasteiger partial charge in [-0.25, -0.2) is 0 Å². The van der Waals surface area contributed by atoms with E-state index in [1.54, 1.807) is 11.9 Å². The summed E-state index contributed by atoms with van der Waals surface area (Å²) < 4.78 is 0. The van der Waals surface area contributed by atoms with E-state index in [1.807, 2.05) is 0 Å². The normalized spacial score (nSPS) is 34.6. The van der Waals surface area contributed by atoms with E-state index in [1.165, 1.54) is 12.8 Å². The summed E-state index contributed by atoms with van der Waals surface area (Å²) in [6, 6.07) is 0.0972. The second-order valence-corrected chi connectivity index (χ2v) is 9.86. The second kappa shape index (κ2) is 7.68. The van der Waals surface area contributed by atoms with Gasteiger partial charge < -0.3 is 15.1 Å². The average Bonchev–Trinajstić information content (AvgIpc) is 3.32. The Bertz CT molecular complexity index is 633. The molecule has 0 aromatic rings. The van der Waals surface area contributed by atoms with Gasteiger partial charge in [0, 0.05) is 50.5 Å². The number of likely N-dealkylation sites (tertiary alicyclic amines) is 2. The number of nitrogens with zero attached hydrogens (tertiary/aromatic N) is 2. The standard InChI is InChI=1S/C22H35N3O3/c1-15(23-20(27)18-5-10-24(2)19(26)13-18)17-6-11-25(12-7-17)21(28)22-8-3-16(14-22)4-9-22/h15-18H,3-14H2,1-2H3,(H,23,27)/t15-,16?,18?,22?/m1/s1. The fourth-order valence-corrected chi connectivity index (χ4v) is 6.06. The van der Waals surface area contributed by atoms with E-state index in [2.05, 4.69) is 17.1 Å². The molecule has 2 saturated heterocycles. The molecule has 28 heavy (non-hydrogen) atoms. The van der Waals surface area contributed by atoms with Crippen molar-refractivity contribution in [1.82, 2.24) is 15.1 Å². The lowest BCUT2D eigenvalue weighted by Crippen LogP contribution is -2.50. The van der Waals surface area contributed by atoms with Crippen LogP contribution in [0.5, 0.6) is 0 Å². The summed E-state index contributed by atoms with van der Waals surface area (Å²) in [7, 11) is 1.80. The van der Waals surface area contributed by atoms with Crippen molar-refractivity contribution in [2.24, 2.45) is 23.2 Å². The van der Waals surface area contributed by atoms with E-state index in [4.69, 9.17) is 0 Å². The SMILES string of the molecule is C[C@@H](NC(=O)C1CCN(C)C(=O)C1)C1CCN(C(=O)C23CCC(CC2)C3)CC1. The van der Waals surface area contributed by atoms with Gasteiger partial charge in [0.25, 0.3) is 0 Å². The van der Waals surface area contributed by atoms with Crippen LogP contribution in [-0.4, -0.2) is 60.2 Å². The highest BCUT2D eigenvalue weighted by Gasteiger charge is 2.51. The first kappa shape index (κ1) is 19.7. The van der Waals surface area contributed by atoms with Crippen LogP contribution in [0.15, 0.2) is 0 Å². The van der Waals surface area contributed by atoms with Crippen molar-refractivity contribution in [1.29, 1.82) is 0 Å². The number of hydrogen-bond acceptors (Lipinski definition) is 3. The minimum atomic E-state index is -0.190. The number of nitrogens with one attached hydrogen (secondary N) is 1. The van der Waals surface area contributed by atoms with Gasteiger partial charge in [-0.2, -0.15) is 0 Å². The maximum atomic E-state index is 13.1. The van der Waals surface area contributed by atoms with Crippen LogP contribution < -0.4 is 5.32 Å². The van der Waals surface area contributed by atoms with Crippen LogP contribution in [0.3, 0.4) is 0 Å². The van der Waals surface area contributed by atoms with Gasteiger partial charge in [-0.1, -0.05) is 0 Å². The van der Waals surface area contributed by atoms with Crippen LogP contribution in [0.25, 0.3) is 0 Å². The van der Waals surface area contributed by atoms with E-state index in [9.17, 15) is 14.4 Å². The number of amides is 3. The topological polar surface area (TPSA) is 69.7 Å². The molecule has 3 amide bonds. The molecule has 2 heterocycles. The smallest absolute Gasteiger partial charge is 0.228 e. The number of fused-ring (bicyclic) bond motifs is 2. The first-order chi connectivity index (χ1) is 13.4. The van der Waals surface area contributed by atoms with Crippen LogP contribution >= 0.6 is 0 Å². The Balaban J connectivity index is 1.25. The van der Waals surface area contributed by atoms with E-state index >= 15 is 0 Å². The molecule has 156 valence electrons. The molecular formula is C22H35N3O3. The summed E-state index contributed by atoms with van der Waals surface area (Å²) in [6.07, 6.45) is 8.78. The molecule has 1 unspecified atom stereocenters. The van der Waals surface area contributed by atoms with Gasteiger partial charge in [-0.15, -0.1) is 0 Å². The molecule has 2 bridgehead atoms. The molecule has 2 aliphatic heterocycles. The zero-order chi connectivity index (χ0) is 19.9. The number of piperidine rings is 2. The molecule has 4 rings (SSSR count). The largest absolute Gasteiger partial charge is 0.353 e. The molecule has 6 nitrogen and oxygen atoms in total. The second-order valence-electron chi connectivity index (χ2n) is 9.86. The molecule has 1 N–H and O–H groups in total. The summed E-state index contributed by atoms with van der Waals surface area (Å²) in [5, 5.41) is 3.17. The average molecular weight is 390 g/mol. The van der Waals surface area contributed by atoms with Crippen molar-refractivity contribution < 1.29 is 14.4 Å². The molecule has 2 aliphatic carbocycles. The number of carbonyl (C=O) groups excluding carboxylic acids is 3. The summed E-state index contributed by atoms with van der Waals surface area (Å²) >= 11 is 0. The highest BCUT2D eigenvalue weighted by Crippen LogP contribution is 2.55. The van der Waals surface area contributed by atoms with Crippen molar-refractivity contribution in [2.45, 2.75) is 70.8 Å². The molecule has 2 saturated carbocycles. The number of carbonyl (C=O) groups is 3. The monoisotopic (exact) mass is 389 g/mol.